The summed E-state index contributed by atoms with van der Waals surface area (Å²) >= 11 is 0. The summed E-state index contributed by atoms with van der Waals surface area (Å²) < 4.78 is 5.09. The van der Waals surface area contributed by atoms with E-state index in [0.717, 1.165) is 5.56 Å². The van der Waals surface area contributed by atoms with Crippen molar-refractivity contribution in [3.8, 4) is 5.75 Å². The number of rotatable bonds is 7. The normalized spacial score (nSPS) is 11.3. The number of nitrogens with one attached hydrogen (secondary N) is 2. The zero-order chi connectivity index (χ0) is 19.1. The standard InChI is InChI=1S/C19H21N3O4/c1-12(23)21-15-7-5-14(6-8-15)19(25)22-17(18(20)24)11-13-3-9-16(26-2)10-4-13/h3-10,17H,11H2,1-2H3,(H2,20,24)(H,21,23)(H,22,25)/t17-/m0/s1. The summed E-state index contributed by atoms with van der Waals surface area (Å²) in [6.07, 6.45) is 0.273. The third-order valence-electron chi connectivity index (χ3n) is 3.72. The average Bonchev–Trinajstić information content (AvgIpc) is 2.61. The zero-order valence-electron chi connectivity index (χ0n) is 14.6. The van der Waals surface area contributed by atoms with E-state index >= 15 is 0 Å². The second kappa shape index (κ2) is 8.66. The molecular weight excluding hydrogens is 334 g/mol. The lowest BCUT2D eigenvalue weighted by molar-refractivity contribution is -0.119. The van der Waals surface area contributed by atoms with Gasteiger partial charge in [0.2, 0.25) is 11.8 Å². The molecule has 0 spiro atoms. The van der Waals surface area contributed by atoms with Crippen molar-refractivity contribution in [1.82, 2.24) is 5.32 Å². The summed E-state index contributed by atoms with van der Waals surface area (Å²) in [4.78, 5) is 35.1. The molecule has 0 unspecified atom stereocenters. The van der Waals surface area contributed by atoms with Gasteiger partial charge < -0.3 is 21.1 Å². The van der Waals surface area contributed by atoms with Crippen LogP contribution in [-0.4, -0.2) is 30.9 Å². The van der Waals surface area contributed by atoms with Crippen molar-refractivity contribution in [2.24, 2.45) is 5.73 Å². The smallest absolute Gasteiger partial charge is 0.251 e. The molecule has 2 aromatic rings. The van der Waals surface area contributed by atoms with Gasteiger partial charge in [0.15, 0.2) is 0 Å². The number of ether oxygens (including phenoxy) is 1. The van der Waals surface area contributed by atoms with Gasteiger partial charge in [-0.15, -0.1) is 0 Å². The molecule has 0 saturated heterocycles. The van der Waals surface area contributed by atoms with Crippen LogP contribution in [0.4, 0.5) is 5.69 Å². The van der Waals surface area contributed by atoms with Crippen LogP contribution >= 0.6 is 0 Å². The van der Waals surface area contributed by atoms with Gasteiger partial charge in [-0.1, -0.05) is 12.1 Å². The van der Waals surface area contributed by atoms with E-state index < -0.39 is 17.9 Å². The van der Waals surface area contributed by atoms with Crippen molar-refractivity contribution < 1.29 is 19.1 Å². The van der Waals surface area contributed by atoms with Crippen LogP contribution < -0.4 is 21.1 Å². The van der Waals surface area contributed by atoms with E-state index in [1.54, 1.807) is 43.5 Å². The number of nitrogens with two attached hydrogens (primary N) is 1. The fourth-order valence-electron chi connectivity index (χ4n) is 2.37. The van der Waals surface area contributed by atoms with E-state index in [9.17, 15) is 14.4 Å². The molecule has 4 N–H and O–H groups in total. The molecule has 0 bridgehead atoms. The van der Waals surface area contributed by atoms with Gasteiger partial charge in [0, 0.05) is 24.6 Å². The lowest BCUT2D eigenvalue weighted by Crippen LogP contribution is -2.45. The van der Waals surface area contributed by atoms with Gasteiger partial charge >= 0.3 is 0 Å². The van der Waals surface area contributed by atoms with Crippen molar-refractivity contribution in [2.75, 3.05) is 12.4 Å². The number of hydrogen-bond acceptors (Lipinski definition) is 4. The first-order chi connectivity index (χ1) is 12.4. The maximum Gasteiger partial charge on any atom is 0.251 e. The number of amides is 3. The Morgan fingerprint density at radius 1 is 1.04 bits per heavy atom. The molecule has 3 amide bonds. The fraction of sp³-hybridized carbons (Fsp3) is 0.211. The van der Waals surface area contributed by atoms with Gasteiger partial charge in [0.05, 0.1) is 7.11 Å². The van der Waals surface area contributed by atoms with E-state index in [0.29, 0.717) is 17.0 Å². The second-order valence-corrected chi connectivity index (χ2v) is 5.74. The maximum absolute atomic E-state index is 12.4. The Labute approximate surface area is 151 Å². The van der Waals surface area contributed by atoms with Gasteiger partial charge in [-0.05, 0) is 42.0 Å². The minimum absolute atomic E-state index is 0.199. The summed E-state index contributed by atoms with van der Waals surface area (Å²) in [6.45, 7) is 1.40. The molecule has 0 aliphatic carbocycles. The Kier molecular flexibility index (Phi) is 6.32. The number of primary amides is 1. The molecule has 26 heavy (non-hydrogen) atoms. The monoisotopic (exact) mass is 355 g/mol. The largest absolute Gasteiger partial charge is 0.497 e. The molecule has 0 fully saturated rings. The molecule has 1 atom stereocenters. The van der Waals surface area contributed by atoms with E-state index in [-0.39, 0.29) is 12.3 Å². The molecule has 0 heterocycles. The van der Waals surface area contributed by atoms with Gasteiger partial charge in [0.1, 0.15) is 11.8 Å². The average molecular weight is 355 g/mol. The number of hydrogen-bond donors (Lipinski definition) is 3. The number of carbonyl (C=O) groups is 3. The first-order valence-corrected chi connectivity index (χ1v) is 8.00. The van der Waals surface area contributed by atoms with Crippen LogP contribution in [0.5, 0.6) is 5.75 Å². The van der Waals surface area contributed by atoms with Gasteiger partial charge in [-0.2, -0.15) is 0 Å². The SMILES string of the molecule is COc1ccc(C[C@H](NC(=O)c2ccc(NC(C)=O)cc2)C(N)=O)cc1. The Morgan fingerprint density at radius 3 is 2.15 bits per heavy atom. The van der Waals surface area contributed by atoms with E-state index in [1.807, 2.05) is 12.1 Å². The highest BCUT2D eigenvalue weighted by atomic mass is 16.5. The van der Waals surface area contributed by atoms with Crippen LogP contribution in [-0.2, 0) is 16.0 Å². The summed E-state index contributed by atoms with van der Waals surface area (Å²) in [5, 5.41) is 5.25. The summed E-state index contributed by atoms with van der Waals surface area (Å²) in [6, 6.07) is 12.7. The summed E-state index contributed by atoms with van der Waals surface area (Å²) in [7, 11) is 1.57. The molecule has 0 aliphatic rings. The molecule has 2 rings (SSSR count). The van der Waals surface area contributed by atoms with E-state index in [1.165, 1.54) is 6.92 Å². The van der Waals surface area contributed by atoms with Crippen molar-refractivity contribution in [3.63, 3.8) is 0 Å². The van der Waals surface area contributed by atoms with E-state index in [2.05, 4.69) is 10.6 Å². The van der Waals surface area contributed by atoms with Crippen LogP contribution in [0.1, 0.15) is 22.8 Å². The zero-order valence-corrected chi connectivity index (χ0v) is 14.6. The van der Waals surface area contributed by atoms with Crippen molar-refractivity contribution in [1.29, 1.82) is 0 Å². The van der Waals surface area contributed by atoms with Gasteiger partial charge in [-0.3, -0.25) is 14.4 Å². The fourth-order valence-corrected chi connectivity index (χ4v) is 2.37. The summed E-state index contributed by atoms with van der Waals surface area (Å²) in [5.41, 5.74) is 7.21. The van der Waals surface area contributed by atoms with Crippen molar-refractivity contribution in [2.45, 2.75) is 19.4 Å². The number of benzene rings is 2. The molecular formula is C19H21N3O4. The van der Waals surface area contributed by atoms with Crippen molar-refractivity contribution >= 4 is 23.4 Å². The lowest BCUT2D eigenvalue weighted by Gasteiger charge is -2.16. The predicted molar refractivity (Wildman–Crippen MR) is 97.9 cm³/mol. The lowest BCUT2D eigenvalue weighted by atomic mass is 10.0. The first kappa shape index (κ1) is 19.0. The van der Waals surface area contributed by atoms with Crippen LogP contribution in [0.2, 0.25) is 0 Å². The first-order valence-electron chi connectivity index (χ1n) is 8.00. The van der Waals surface area contributed by atoms with E-state index in [4.69, 9.17) is 10.5 Å². The second-order valence-electron chi connectivity index (χ2n) is 5.74. The third kappa shape index (κ3) is 5.34. The Morgan fingerprint density at radius 2 is 1.65 bits per heavy atom. The highest BCUT2D eigenvalue weighted by Gasteiger charge is 2.19. The number of anilines is 1. The third-order valence-corrected chi connectivity index (χ3v) is 3.72. The van der Waals surface area contributed by atoms with Crippen molar-refractivity contribution in [3.05, 3.63) is 59.7 Å². The van der Waals surface area contributed by atoms with Crippen LogP contribution in [0.3, 0.4) is 0 Å². The van der Waals surface area contributed by atoms with Crippen LogP contribution in [0.25, 0.3) is 0 Å². The van der Waals surface area contributed by atoms with Gasteiger partial charge in [-0.25, -0.2) is 0 Å². The van der Waals surface area contributed by atoms with Gasteiger partial charge in [0.25, 0.3) is 5.91 Å². The minimum atomic E-state index is -0.842. The predicted octanol–water partition coefficient (Wildman–Crippen LogP) is 1.48. The Bertz CT molecular complexity index is 785. The van der Waals surface area contributed by atoms with Crippen LogP contribution in [0.15, 0.2) is 48.5 Å². The Balaban J connectivity index is 2.04. The Hall–Kier alpha value is -3.35. The molecule has 136 valence electrons. The molecule has 7 nitrogen and oxygen atoms in total. The minimum Gasteiger partial charge on any atom is -0.497 e. The molecule has 0 radical (unpaired) electrons. The maximum atomic E-state index is 12.4. The topological polar surface area (TPSA) is 111 Å². The molecule has 7 heteroatoms. The molecule has 2 aromatic carbocycles. The highest BCUT2D eigenvalue weighted by molar-refractivity contribution is 5.98. The quantitative estimate of drug-likeness (QED) is 0.698. The summed E-state index contributed by atoms with van der Waals surface area (Å²) in [5.74, 6) is -0.538. The molecule has 0 aromatic heterocycles. The molecule has 0 saturated carbocycles. The number of carbonyl (C=O) groups excluding carboxylic acids is 3. The highest BCUT2D eigenvalue weighted by Crippen LogP contribution is 2.13. The number of methoxy groups -OCH3 is 1. The molecule has 0 aliphatic heterocycles. The van der Waals surface area contributed by atoms with Crippen LogP contribution in [0, 0.1) is 0 Å².